The average Bonchev–Trinajstić information content (AvgIpc) is 2.48. The fourth-order valence-electron chi connectivity index (χ4n) is 1.97. The molecule has 0 radical (unpaired) electrons. The van der Waals surface area contributed by atoms with Crippen LogP contribution in [0.2, 0.25) is 0 Å². The standard InChI is InChI=1S/C15H24N4O3/c1-13(20-10-4-7-16)19(14(2)21-11-5-8-17)15(3)22-12-6-9-18/h13-15H,4-6,10-12H2,1-3H3. The van der Waals surface area contributed by atoms with Crippen molar-refractivity contribution in [1.29, 1.82) is 15.8 Å². The molecule has 122 valence electrons. The van der Waals surface area contributed by atoms with Crippen molar-refractivity contribution in [3.63, 3.8) is 0 Å². The van der Waals surface area contributed by atoms with Gasteiger partial charge in [0, 0.05) is 0 Å². The Balaban J connectivity index is 4.62. The van der Waals surface area contributed by atoms with Crippen LogP contribution in [0.25, 0.3) is 0 Å². The minimum Gasteiger partial charge on any atom is -0.362 e. The largest absolute Gasteiger partial charge is 0.362 e. The molecule has 0 saturated carbocycles. The molecule has 0 saturated heterocycles. The molecule has 7 heteroatoms. The van der Waals surface area contributed by atoms with Gasteiger partial charge in [-0.3, -0.25) is 0 Å². The number of rotatable bonds is 12. The fourth-order valence-corrected chi connectivity index (χ4v) is 1.97. The van der Waals surface area contributed by atoms with Gasteiger partial charge in [0.2, 0.25) is 0 Å². The zero-order valence-corrected chi connectivity index (χ0v) is 13.5. The van der Waals surface area contributed by atoms with Crippen LogP contribution < -0.4 is 0 Å². The van der Waals surface area contributed by atoms with Crippen molar-refractivity contribution < 1.29 is 14.2 Å². The molecule has 0 fully saturated rings. The Hall–Kier alpha value is -1.69. The highest BCUT2D eigenvalue weighted by Crippen LogP contribution is 2.15. The second-order valence-corrected chi connectivity index (χ2v) is 4.58. The van der Waals surface area contributed by atoms with Crippen molar-refractivity contribution in [2.45, 2.75) is 58.7 Å². The van der Waals surface area contributed by atoms with Crippen molar-refractivity contribution >= 4 is 0 Å². The highest BCUT2D eigenvalue weighted by Gasteiger charge is 2.27. The predicted molar refractivity (Wildman–Crippen MR) is 78.8 cm³/mol. The van der Waals surface area contributed by atoms with Gasteiger partial charge in [-0.25, -0.2) is 4.90 Å². The van der Waals surface area contributed by atoms with Crippen LogP contribution in [-0.2, 0) is 14.2 Å². The quantitative estimate of drug-likeness (QED) is 0.402. The van der Waals surface area contributed by atoms with E-state index in [-0.39, 0.29) is 18.7 Å². The molecule has 7 nitrogen and oxygen atoms in total. The molecule has 0 spiro atoms. The summed E-state index contributed by atoms with van der Waals surface area (Å²) in [6.45, 7) is 6.53. The second-order valence-electron chi connectivity index (χ2n) is 4.58. The number of nitrogens with zero attached hydrogens (tertiary/aromatic N) is 4. The Morgan fingerprint density at radius 1 is 0.682 bits per heavy atom. The summed E-state index contributed by atoms with van der Waals surface area (Å²) >= 11 is 0. The number of hydrogen-bond donors (Lipinski definition) is 0. The minimum absolute atomic E-state index is 0.311. The summed E-state index contributed by atoms with van der Waals surface area (Å²) < 4.78 is 16.8. The van der Waals surface area contributed by atoms with E-state index in [9.17, 15) is 0 Å². The average molecular weight is 308 g/mol. The monoisotopic (exact) mass is 308 g/mol. The molecular weight excluding hydrogens is 284 g/mol. The predicted octanol–water partition coefficient (Wildman–Crippen LogP) is 2.12. The first kappa shape index (κ1) is 20.3. The van der Waals surface area contributed by atoms with Crippen LogP contribution in [0.1, 0.15) is 40.0 Å². The summed E-state index contributed by atoms with van der Waals surface area (Å²) in [5, 5.41) is 25.7. The summed E-state index contributed by atoms with van der Waals surface area (Å²) in [4.78, 5) is 1.87. The van der Waals surface area contributed by atoms with E-state index in [1.165, 1.54) is 0 Å². The van der Waals surface area contributed by atoms with E-state index in [0.717, 1.165) is 0 Å². The Morgan fingerprint density at radius 2 is 0.955 bits per heavy atom. The van der Waals surface area contributed by atoms with Gasteiger partial charge in [-0.05, 0) is 20.8 Å². The molecule has 0 rings (SSSR count). The smallest absolute Gasteiger partial charge is 0.111 e. The first-order valence-electron chi connectivity index (χ1n) is 7.31. The van der Waals surface area contributed by atoms with E-state index >= 15 is 0 Å². The van der Waals surface area contributed by atoms with Crippen molar-refractivity contribution in [3.8, 4) is 18.2 Å². The summed E-state index contributed by atoms with van der Waals surface area (Å²) in [7, 11) is 0. The lowest BCUT2D eigenvalue weighted by atomic mass is 10.4. The summed E-state index contributed by atoms with van der Waals surface area (Å²) in [5.74, 6) is 0. The summed E-state index contributed by atoms with van der Waals surface area (Å²) in [6, 6.07) is 6.08. The Morgan fingerprint density at radius 3 is 1.18 bits per heavy atom. The maximum absolute atomic E-state index is 8.57. The molecule has 3 unspecified atom stereocenters. The molecular formula is C15H24N4O3. The topological polar surface area (TPSA) is 102 Å². The van der Waals surface area contributed by atoms with Gasteiger partial charge in [0.05, 0.1) is 57.3 Å². The van der Waals surface area contributed by atoms with Gasteiger partial charge in [-0.2, -0.15) is 15.8 Å². The van der Waals surface area contributed by atoms with E-state index in [2.05, 4.69) is 0 Å². The molecule has 0 aliphatic rings. The molecule has 22 heavy (non-hydrogen) atoms. The molecule has 0 aromatic rings. The van der Waals surface area contributed by atoms with Gasteiger partial charge in [-0.1, -0.05) is 0 Å². The second kappa shape index (κ2) is 13.0. The molecule has 0 aromatic heterocycles. The van der Waals surface area contributed by atoms with Crippen LogP contribution in [-0.4, -0.2) is 43.4 Å². The van der Waals surface area contributed by atoms with Crippen molar-refractivity contribution in [2.75, 3.05) is 19.8 Å². The molecule has 0 aliphatic heterocycles. The highest BCUT2D eigenvalue weighted by atomic mass is 16.6. The van der Waals surface area contributed by atoms with Crippen LogP contribution >= 0.6 is 0 Å². The number of hydrogen-bond acceptors (Lipinski definition) is 7. The van der Waals surface area contributed by atoms with E-state index in [1.54, 1.807) is 0 Å². The van der Waals surface area contributed by atoms with Crippen LogP contribution in [0, 0.1) is 34.0 Å². The van der Waals surface area contributed by atoms with Gasteiger partial charge in [0.15, 0.2) is 0 Å². The highest BCUT2D eigenvalue weighted by molar-refractivity contribution is 4.72. The molecule has 0 bridgehead atoms. The molecule has 3 atom stereocenters. The molecule has 0 heterocycles. The Labute approximate surface area is 132 Å². The van der Waals surface area contributed by atoms with E-state index in [1.807, 2.05) is 43.9 Å². The van der Waals surface area contributed by atoms with E-state index in [4.69, 9.17) is 30.0 Å². The van der Waals surface area contributed by atoms with Gasteiger partial charge in [-0.15, -0.1) is 0 Å². The summed E-state index contributed by atoms with van der Waals surface area (Å²) in [6.07, 6.45) is -0.0182. The third-order valence-electron chi connectivity index (χ3n) is 2.98. The lowest BCUT2D eigenvalue weighted by molar-refractivity contribution is -0.208. The third kappa shape index (κ3) is 8.56. The molecule has 0 amide bonds. The molecule has 0 aromatic carbocycles. The normalized spacial score (nSPS) is 14.6. The fraction of sp³-hybridized carbons (Fsp3) is 0.800. The molecule has 0 aliphatic carbocycles. The van der Waals surface area contributed by atoms with E-state index < -0.39 is 0 Å². The van der Waals surface area contributed by atoms with Gasteiger partial charge >= 0.3 is 0 Å². The van der Waals surface area contributed by atoms with Crippen LogP contribution in [0.4, 0.5) is 0 Å². The van der Waals surface area contributed by atoms with Crippen LogP contribution in [0.5, 0.6) is 0 Å². The lowest BCUT2D eigenvalue weighted by Gasteiger charge is -2.38. The van der Waals surface area contributed by atoms with E-state index in [0.29, 0.717) is 39.1 Å². The van der Waals surface area contributed by atoms with Crippen LogP contribution in [0.3, 0.4) is 0 Å². The molecule has 0 N–H and O–H groups in total. The number of ether oxygens (including phenoxy) is 3. The SMILES string of the molecule is CC(OCCC#N)N(C(C)OCCC#N)C(C)OCCC#N. The number of nitriles is 3. The van der Waals surface area contributed by atoms with Gasteiger partial charge < -0.3 is 14.2 Å². The van der Waals surface area contributed by atoms with Crippen molar-refractivity contribution in [2.24, 2.45) is 0 Å². The maximum atomic E-state index is 8.57. The lowest BCUT2D eigenvalue weighted by Crippen LogP contribution is -2.49. The first-order chi connectivity index (χ1) is 10.6. The Bertz CT molecular complexity index is 349. The van der Waals surface area contributed by atoms with Crippen LogP contribution in [0.15, 0.2) is 0 Å². The van der Waals surface area contributed by atoms with Gasteiger partial charge in [0.1, 0.15) is 18.7 Å². The zero-order chi connectivity index (χ0) is 16.8. The third-order valence-corrected chi connectivity index (χ3v) is 2.98. The zero-order valence-electron chi connectivity index (χ0n) is 13.5. The van der Waals surface area contributed by atoms with Crippen molar-refractivity contribution in [1.82, 2.24) is 4.90 Å². The maximum Gasteiger partial charge on any atom is 0.111 e. The first-order valence-corrected chi connectivity index (χ1v) is 7.31. The summed E-state index contributed by atoms with van der Waals surface area (Å²) in [5.41, 5.74) is 0. The van der Waals surface area contributed by atoms with Crippen molar-refractivity contribution in [3.05, 3.63) is 0 Å². The van der Waals surface area contributed by atoms with Gasteiger partial charge in [0.25, 0.3) is 0 Å². The Kier molecular flexibility index (Phi) is 12.0. The minimum atomic E-state index is -0.317.